The van der Waals surface area contributed by atoms with E-state index < -0.39 is 11.5 Å². The Kier molecular flexibility index (Phi) is 4.42. The lowest BCUT2D eigenvalue weighted by atomic mass is 9.71. The van der Waals surface area contributed by atoms with Crippen LogP contribution in [0.15, 0.2) is 102 Å². The number of ether oxygens (including phenoxy) is 1. The van der Waals surface area contributed by atoms with E-state index in [0.717, 1.165) is 5.56 Å². The Morgan fingerprint density at radius 1 is 0.893 bits per heavy atom. The summed E-state index contributed by atoms with van der Waals surface area (Å²) >= 11 is 0. The van der Waals surface area contributed by atoms with E-state index in [2.05, 4.69) is 6.07 Å². The fraction of sp³-hybridized carbons (Fsp3) is 0.0833. The molecule has 0 spiro atoms. The van der Waals surface area contributed by atoms with Crippen LogP contribution in [0, 0.1) is 11.3 Å². The molecular weight excluding hydrogens is 348 g/mol. The monoisotopic (exact) mass is 366 g/mol. The molecule has 4 nitrogen and oxygen atoms in total. The summed E-state index contributed by atoms with van der Waals surface area (Å²) in [5.41, 5.74) is 6.90. The molecule has 28 heavy (non-hydrogen) atoms. The first-order valence-electron chi connectivity index (χ1n) is 8.97. The van der Waals surface area contributed by atoms with Crippen molar-refractivity contribution in [3.8, 4) is 6.07 Å². The Labute approximate surface area is 163 Å². The molecule has 0 saturated heterocycles. The average Bonchev–Trinajstić information content (AvgIpc) is 3.08. The van der Waals surface area contributed by atoms with Gasteiger partial charge in [-0.05, 0) is 5.56 Å². The highest BCUT2D eigenvalue weighted by atomic mass is 16.5. The summed E-state index contributed by atoms with van der Waals surface area (Å²) in [6.45, 7) is 0. The van der Waals surface area contributed by atoms with Crippen molar-refractivity contribution >= 4 is 5.78 Å². The van der Waals surface area contributed by atoms with E-state index in [9.17, 15) is 10.1 Å². The Balaban J connectivity index is 2.00. The van der Waals surface area contributed by atoms with Crippen LogP contribution in [0.2, 0.25) is 0 Å². The Bertz CT molecular complexity index is 1070. The topological polar surface area (TPSA) is 76.1 Å². The van der Waals surface area contributed by atoms with E-state index >= 15 is 0 Å². The minimum absolute atomic E-state index is 0.00973. The van der Waals surface area contributed by atoms with Gasteiger partial charge in [0, 0.05) is 11.1 Å². The number of hydrogen-bond donors (Lipinski definition) is 1. The van der Waals surface area contributed by atoms with Crippen molar-refractivity contribution in [1.29, 1.82) is 5.26 Å². The normalized spacial score (nSPS) is 21.0. The first-order valence-corrected chi connectivity index (χ1v) is 8.97. The summed E-state index contributed by atoms with van der Waals surface area (Å²) in [5.74, 6) is -0.889. The summed E-state index contributed by atoms with van der Waals surface area (Å²) in [7, 11) is 0. The molecule has 4 heteroatoms. The zero-order valence-electron chi connectivity index (χ0n) is 15.1. The Morgan fingerprint density at radius 3 is 2.00 bits per heavy atom. The molecular formula is C24H18N2O2. The van der Waals surface area contributed by atoms with Crippen molar-refractivity contribution in [1.82, 2.24) is 0 Å². The van der Waals surface area contributed by atoms with Crippen LogP contribution < -0.4 is 5.73 Å². The zero-order chi connectivity index (χ0) is 19.6. The first-order chi connectivity index (χ1) is 13.7. The van der Waals surface area contributed by atoms with Gasteiger partial charge in [0.25, 0.3) is 0 Å². The molecule has 2 N–H and O–H groups in total. The first kappa shape index (κ1) is 17.6. The molecule has 0 aliphatic carbocycles. The van der Waals surface area contributed by atoms with E-state index in [1.807, 2.05) is 66.7 Å². The second-order valence-electron chi connectivity index (χ2n) is 6.63. The van der Waals surface area contributed by atoms with Gasteiger partial charge in [-0.25, -0.2) is 0 Å². The number of nitriles is 1. The molecule has 0 radical (unpaired) electrons. The molecule has 1 aliphatic rings. The van der Waals surface area contributed by atoms with Crippen LogP contribution >= 0.6 is 0 Å². The van der Waals surface area contributed by atoms with E-state index in [4.69, 9.17) is 10.5 Å². The second-order valence-corrected chi connectivity index (χ2v) is 6.63. The number of nitrogens with zero attached hydrogens (tertiary/aromatic N) is 1. The van der Waals surface area contributed by atoms with Gasteiger partial charge >= 0.3 is 0 Å². The number of benzene rings is 3. The molecule has 3 aromatic carbocycles. The number of carbonyl (C=O) groups is 1. The van der Waals surface area contributed by atoms with Gasteiger partial charge in [-0.2, -0.15) is 5.26 Å². The summed E-state index contributed by atoms with van der Waals surface area (Å²) < 4.78 is 6.11. The van der Waals surface area contributed by atoms with Gasteiger partial charge in [0.05, 0.1) is 5.92 Å². The summed E-state index contributed by atoms with van der Waals surface area (Å²) in [6.07, 6.45) is 0. The molecule has 1 aliphatic heterocycles. The molecule has 1 heterocycles. The van der Waals surface area contributed by atoms with Crippen molar-refractivity contribution < 1.29 is 9.53 Å². The smallest absolute Gasteiger partial charge is 0.212 e. The molecule has 4 rings (SSSR count). The SMILES string of the molecule is N#CC1=C(N)O[C@@](C(=O)c2ccccc2)(c2ccccc2)[C@@H]1c1ccccc1. The number of rotatable bonds is 4. The van der Waals surface area contributed by atoms with Crippen LogP contribution in [0.4, 0.5) is 0 Å². The molecule has 0 fully saturated rings. The van der Waals surface area contributed by atoms with Crippen molar-refractivity contribution in [2.45, 2.75) is 11.5 Å². The third kappa shape index (κ3) is 2.65. The maximum atomic E-state index is 13.8. The number of nitrogens with two attached hydrogens (primary N) is 1. The molecule has 0 saturated carbocycles. The van der Waals surface area contributed by atoms with Crippen molar-refractivity contribution in [3.05, 3.63) is 119 Å². The minimum atomic E-state index is -1.45. The standard InChI is InChI=1S/C24H18N2O2/c25-16-20-21(17-10-4-1-5-11-17)24(28-23(20)26,19-14-8-3-9-15-19)22(27)18-12-6-2-7-13-18/h1-15,21H,26H2/t21-,24+/m1/s1. The predicted molar refractivity (Wildman–Crippen MR) is 106 cm³/mol. The fourth-order valence-corrected chi connectivity index (χ4v) is 3.82. The third-order valence-electron chi connectivity index (χ3n) is 5.06. The van der Waals surface area contributed by atoms with E-state index in [0.29, 0.717) is 11.1 Å². The predicted octanol–water partition coefficient (Wildman–Crippen LogP) is 4.27. The van der Waals surface area contributed by atoms with Gasteiger partial charge in [-0.3, -0.25) is 4.79 Å². The third-order valence-corrected chi connectivity index (χ3v) is 5.06. The average molecular weight is 366 g/mol. The van der Waals surface area contributed by atoms with E-state index in [1.54, 1.807) is 24.3 Å². The van der Waals surface area contributed by atoms with Crippen molar-refractivity contribution in [3.63, 3.8) is 0 Å². The second kappa shape index (κ2) is 7.05. The highest BCUT2D eigenvalue weighted by Gasteiger charge is 2.57. The number of ketones is 1. The lowest BCUT2D eigenvalue weighted by molar-refractivity contribution is 0.0136. The van der Waals surface area contributed by atoms with Crippen LogP contribution in [0.3, 0.4) is 0 Å². The van der Waals surface area contributed by atoms with Crippen LogP contribution in [0.5, 0.6) is 0 Å². The van der Waals surface area contributed by atoms with Gasteiger partial charge in [0.2, 0.25) is 17.3 Å². The number of carbonyl (C=O) groups excluding carboxylic acids is 1. The quantitative estimate of drug-likeness (QED) is 0.700. The maximum Gasteiger partial charge on any atom is 0.212 e. The number of hydrogen-bond acceptors (Lipinski definition) is 4. The Morgan fingerprint density at radius 2 is 1.43 bits per heavy atom. The molecule has 0 unspecified atom stereocenters. The minimum Gasteiger partial charge on any atom is -0.458 e. The van der Waals surface area contributed by atoms with Crippen LogP contribution in [-0.2, 0) is 10.3 Å². The van der Waals surface area contributed by atoms with Gasteiger partial charge in [-0.15, -0.1) is 0 Å². The Hall–Kier alpha value is -3.84. The van der Waals surface area contributed by atoms with Gasteiger partial charge < -0.3 is 10.5 Å². The van der Waals surface area contributed by atoms with E-state index in [-0.39, 0.29) is 17.2 Å². The molecule has 136 valence electrons. The summed E-state index contributed by atoms with van der Waals surface area (Å²) in [6, 6.07) is 29.8. The highest BCUT2D eigenvalue weighted by Crippen LogP contribution is 2.52. The molecule has 0 aromatic heterocycles. The largest absolute Gasteiger partial charge is 0.458 e. The van der Waals surface area contributed by atoms with Gasteiger partial charge in [-0.1, -0.05) is 91.0 Å². The zero-order valence-corrected chi connectivity index (χ0v) is 15.1. The van der Waals surface area contributed by atoms with Crippen LogP contribution in [-0.4, -0.2) is 5.78 Å². The van der Waals surface area contributed by atoms with Gasteiger partial charge in [0.15, 0.2) is 0 Å². The fourth-order valence-electron chi connectivity index (χ4n) is 3.82. The van der Waals surface area contributed by atoms with Crippen molar-refractivity contribution in [2.75, 3.05) is 0 Å². The summed E-state index contributed by atoms with van der Waals surface area (Å²) in [4.78, 5) is 13.8. The highest BCUT2D eigenvalue weighted by molar-refractivity contribution is 6.04. The molecule has 0 amide bonds. The van der Waals surface area contributed by atoms with Crippen molar-refractivity contribution in [2.24, 2.45) is 5.73 Å². The molecule has 3 aromatic rings. The molecule has 2 atom stereocenters. The lowest BCUT2D eigenvalue weighted by Gasteiger charge is -2.34. The lowest BCUT2D eigenvalue weighted by Crippen LogP contribution is -2.41. The molecule has 0 bridgehead atoms. The number of Topliss-reactive ketones (excluding diaryl/α,β-unsaturated/α-hetero) is 1. The van der Waals surface area contributed by atoms with E-state index in [1.165, 1.54) is 0 Å². The van der Waals surface area contributed by atoms with Gasteiger partial charge in [0.1, 0.15) is 11.6 Å². The van der Waals surface area contributed by atoms with Crippen LogP contribution in [0.1, 0.15) is 27.4 Å². The maximum absolute atomic E-state index is 13.8. The summed E-state index contributed by atoms with van der Waals surface area (Å²) in [5, 5.41) is 9.82. The van der Waals surface area contributed by atoms with Crippen LogP contribution in [0.25, 0.3) is 0 Å².